The second-order valence-electron chi connectivity index (χ2n) is 8.62. The molecule has 0 bridgehead atoms. The summed E-state index contributed by atoms with van der Waals surface area (Å²) in [6.07, 6.45) is 0.518. The van der Waals surface area contributed by atoms with Crippen LogP contribution in [0, 0.1) is 17.0 Å². The van der Waals surface area contributed by atoms with Gasteiger partial charge < -0.3 is 9.74 Å². The second-order valence-corrected chi connectivity index (χ2v) is 8.62. The highest BCUT2D eigenvalue weighted by Crippen LogP contribution is 2.23. The highest BCUT2D eigenvalue weighted by atomic mass is 19.1. The fraction of sp³-hybridized carbons (Fsp3) is 0.391. The monoisotopic (exact) mass is 400 g/mol. The van der Waals surface area contributed by atoms with E-state index < -0.39 is 0 Å². The van der Waals surface area contributed by atoms with Crippen molar-refractivity contribution in [3.63, 3.8) is 0 Å². The number of benzene rings is 2. The number of oxime groups is 1. The predicted octanol–water partition coefficient (Wildman–Crippen LogP) is 4.92. The van der Waals surface area contributed by atoms with Crippen molar-refractivity contribution >= 4 is 11.6 Å². The van der Waals surface area contributed by atoms with Crippen molar-refractivity contribution in [1.29, 1.82) is 0 Å². The van der Waals surface area contributed by atoms with Crippen LogP contribution in [0.2, 0.25) is 0 Å². The van der Waals surface area contributed by atoms with Gasteiger partial charge in [0, 0.05) is 24.9 Å². The number of rotatable bonds is 6. The summed E-state index contributed by atoms with van der Waals surface area (Å²) in [6.45, 7) is 6.63. The maximum atomic E-state index is 13.6. The summed E-state index contributed by atoms with van der Waals surface area (Å²) in [4.78, 5) is 20.1. The SMILES string of the molecule is CC(C)(C)CC(=O)N(Cc1cccc(F)c1)C[C@@H]1CC(c2cccc(F)c2)=NO1. The Bertz CT molecular complexity index is 906. The van der Waals surface area contributed by atoms with E-state index in [1.165, 1.54) is 24.3 Å². The van der Waals surface area contributed by atoms with Crippen molar-refractivity contribution in [2.24, 2.45) is 10.6 Å². The predicted molar refractivity (Wildman–Crippen MR) is 108 cm³/mol. The van der Waals surface area contributed by atoms with E-state index in [2.05, 4.69) is 5.16 Å². The van der Waals surface area contributed by atoms with Crippen molar-refractivity contribution in [2.75, 3.05) is 6.54 Å². The van der Waals surface area contributed by atoms with Crippen LogP contribution in [-0.4, -0.2) is 29.2 Å². The molecule has 1 amide bonds. The van der Waals surface area contributed by atoms with Crippen molar-refractivity contribution in [3.05, 3.63) is 71.3 Å². The highest BCUT2D eigenvalue weighted by molar-refractivity contribution is 6.01. The summed E-state index contributed by atoms with van der Waals surface area (Å²) < 4.78 is 27.1. The molecule has 0 spiro atoms. The Balaban J connectivity index is 1.70. The number of carbonyl (C=O) groups excluding carboxylic acids is 1. The van der Waals surface area contributed by atoms with Crippen LogP contribution in [0.5, 0.6) is 0 Å². The second kappa shape index (κ2) is 8.72. The van der Waals surface area contributed by atoms with E-state index in [9.17, 15) is 13.6 Å². The minimum Gasteiger partial charge on any atom is -0.390 e. The van der Waals surface area contributed by atoms with Crippen molar-refractivity contribution < 1.29 is 18.4 Å². The first-order chi connectivity index (χ1) is 13.7. The van der Waals surface area contributed by atoms with Crippen molar-refractivity contribution in [3.8, 4) is 0 Å². The standard InChI is InChI=1S/C23H26F2N2O2/c1-23(2,3)13-22(28)27(14-16-6-4-8-18(24)10-16)15-20-12-21(26-29-20)17-7-5-9-19(25)11-17/h4-11,20H,12-15H2,1-3H3/t20-/m0/s1. The molecule has 29 heavy (non-hydrogen) atoms. The lowest BCUT2D eigenvalue weighted by atomic mass is 9.91. The number of hydrogen-bond acceptors (Lipinski definition) is 3. The van der Waals surface area contributed by atoms with E-state index in [1.807, 2.05) is 20.8 Å². The van der Waals surface area contributed by atoms with Crippen LogP contribution >= 0.6 is 0 Å². The molecule has 0 fully saturated rings. The Morgan fingerprint density at radius 1 is 1.14 bits per heavy atom. The van der Waals surface area contributed by atoms with Gasteiger partial charge in [-0.15, -0.1) is 0 Å². The molecule has 4 nitrogen and oxygen atoms in total. The van der Waals surface area contributed by atoms with Gasteiger partial charge in [0.25, 0.3) is 0 Å². The molecule has 2 aromatic carbocycles. The molecule has 0 N–H and O–H groups in total. The molecular formula is C23H26F2N2O2. The minimum atomic E-state index is -0.334. The quantitative estimate of drug-likeness (QED) is 0.690. The highest BCUT2D eigenvalue weighted by Gasteiger charge is 2.28. The van der Waals surface area contributed by atoms with Gasteiger partial charge in [0.2, 0.25) is 5.91 Å². The summed E-state index contributed by atoms with van der Waals surface area (Å²) in [5.74, 6) is -0.689. The molecule has 3 rings (SSSR count). The van der Waals surface area contributed by atoms with Crippen LogP contribution in [0.15, 0.2) is 53.7 Å². The van der Waals surface area contributed by atoms with Gasteiger partial charge in [-0.3, -0.25) is 4.79 Å². The first-order valence-electron chi connectivity index (χ1n) is 9.70. The number of halogens is 2. The summed E-state index contributed by atoms with van der Waals surface area (Å²) in [7, 11) is 0. The van der Waals surface area contributed by atoms with Gasteiger partial charge in [0.15, 0.2) is 6.10 Å². The zero-order valence-corrected chi connectivity index (χ0v) is 17.0. The third-order valence-corrected chi connectivity index (χ3v) is 4.61. The Morgan fingerprint density at radius 2 is 1.83 bits per heavy atom. The Labute approximate surface area is 170 Å². The van der Waals surface area contributed by atoms with Gasteiger partial charge in [-0.05, 0) is 35.2 Å². The summed E-state index contributed by atoms with van der Waals surface area (Å²) in [6, 6.07) is 12.4. The van der Waals surface area contributed by atoms with Gasteiger partial charge in [-0.2, -0.15) is 0 Å². The third-order valence-electron chi connectivity index (χ3n) is 4.61. The molecule has 1 atom stereocenters. The number of nitrogens with zero attached hydrogens (tertiary/aromatic N) is 2. The Morgan fingerprint density at radius 3 is 2.48 bits per heavy atom. The molecule has 154 valence electrons. The van der Waals surface area contributed by atoms with Crippen LogP contribution in [0.3, 0.4) is 0 Å². The van der Waals surface area contributed by atoms with Gasteiger partial charge in [-0.1, -0.05) is 50.2 Å². The zero-order valence-electron chi connectivity index (χ0n) is 17.0. The van der Waals surface area contributed by atoms with Gasteiger partial charge in [0.05, 0.1) is 12.3 Å². The van der Waals surface area contributed by atoms with Gasteiger partial charge >= 0.3 is 0 Å². The third kappa shape index (κ3) is 6.11. The van der Waals surface area contributed by atoms with Gasteiger partial charge in [0.1, 0.15) is 11.6 Å². The molecule has 1 aliphatic heterocycles. The maximum absolute atomic E-state index is 13.6. The first kappa shape index (κ1) is 21.0. The number of carbonyl (C=O) groups is 1. The minimum absolute atomic E-state index is 0.0235. The lowest BCUT2D eigenvalue weighted by Crippen LogP contribution is -2.38. The molecule has 0 saturated carbocycles. The summed E-state index contributed by atoms with van der Waals surface area (Å²) >= 11 is 0. The average molecular weight is 400 g/mol. The van der Waals surface area contributed by atoms with E-state index >= 15 is 0 Å². The fourth-order valence-electron chi connectivity index (χ4n) is 3.29. The van der Waals surface area contributed by atoms with Crippen molar-refractivity contribution in [1.82, 2.24) is 4.90 Å². The molecule has 1 aliphatic rings. The molecule has 1 heterocycles. The van der Waals surface area contributed by atoms with Crippen LogP contribution in [0.4, 0.5) is 8.78 Å². The maximum Gasteiger partial charge on any atom is 0.223 e. The van der Waals surface area contributed by atoms with E-state index in [0.717, 1.165) is 5.56 Å². The lowest BCUT2D eigenvalue weighted by Gasteiger charge is -2.28. The molecule has 0 aromatic heterocycles. The number of hydrogen-bond donors (Lipinski definition) is 0. The van der Waals surface area contributed by atoms with Crippen LogP contribution in [0.25, 0.3) is 0 Å². The molecule has 0 unspecified atom stereocenters. The van der Waals surface area contributed by atoms with Crippen molar-refractivity contribution in [2.45, 2.75) is 46.3 Å². The van der Waals surface area contributed by atoms with Crippen LogP contribution in [-0.2, 0) is 16.2 Å². The first-order valence-corrected chi connectivity index (χ1v) is 9.70. The molecule has 2 aromatic rings. The molecule has 0 saturated heterocycles. The van der Waals surface area contributed by atoms with Crippen LogP contribution < -0.4 is 0 Å². The average Bonchev–Trinajstić information content (AvgIpc) is 3.08. The fourth-order valence-corrected chi connectivity index (χ4v) is 3.29. The van der Waals surface area contributed by atoms with Crippen LogP contribution in [0.1, 0.15) is 44.7 Å². The van der Waals surface area contributed by atoms with E-state index in [0.29, 0.717) is 37.2 Å². The smallest absolute Gasteiger partial charge is 0.223 e. The van der Waals surface area contributed by atoms with E-state index in [1.54, 1.807) is 29.2 Å². The number of amides is 1. The van der Waals surface area contributed by atoms with E-state index in [-0.39, 0.29) is 29.1 Å². The Hall–Kier alpha value is -2.76. The topological polar surface area (TPSA) is 41.9 Å². The lowest BCUT2D eigenvalue weighted by molar-refractivity contribution is -0.135. The summed E-state index contributed by atoms with van der Waals surface area (Å²) in [5.41, 5.74) is 1.88. The molecule has 6 heteroatoms. The molecule has 0 radical (unpaired) electrons. The molecule has 0 aliphatic carbocycles. The largest absolute Gasteiger partial charge is 0.390 e. The van der Waals surface area contributed by atoms with E-state index in [4.69, 9.17) is 4.84 Å². The summed E-state index contributed by atoms with van der Waals surface area (Å²) in [5, 5.41) is 4.09. The normalized spacial score (nSPS) is 16.3. The zero-order chi connectivity index (χ0) is 21.0. The Kier molecular flexibility index (Phi) is 6.30. The molecular weight excluding hydrogens is 374 g/mol. The van der Waals surface area contributed by atoms with Gasteiger partial charge in [-0.25, -0.2) is 8.78 Å².